The highest BCUT2D eigenvalue weighted by atomic mass is 19.1. The molecule has 4 aromatic heterocycles. The number of nitrogens with zero attached hydrogens (tertiary/aromatic N) is 3. The Kier molecular flexibility index (Phi) is 2.44. The van der Waals surface area contributed by atoms with Crippen LogP contribution in [-0.2, 0) is 0 Å². The predicted molar refractivity (Wildman–Crippen MR) is 74.5 cm³/mol. The van der Waals surface area contributed by atoms with Crippen molar-refractivity contribution in [2.45, 2.75) is 0 Å². The van der Waals surface area contributed by atoms with E-state index in [2.05, 4.69) is 19.9 Å². The van der Waals surface area contributed by atoms with Crippen LogP contribution in [0.15, 0.2) is 42.9 Å². The number of halogens is 2. The van der Waals surface area contributed by atoms with Crippen LogP contribution in [0.1, 0.15) is 0 Å². The van der Waals surface area contributed by atoms with Gasteiger partial charge in [-0.1, -0.05) is 0 Å². The lowest BCUT2D eigenvalue weighted by atomic mass is 10.1. The molecule has 0 atom stereocenters. The van der Waals surface area contributed by atoms with Gasteiger partial charge >= 0.3 is 0 Å². The molecule has 1 N–H and O–H groups in total. The van der Waals surface area contributed by atoms with E-state index in [9.17, 15) is 8.78 Å². The smallest absolute Gasteiger partial charge is 0.249 e. The van der Waals surface area contributed by atoms with Gasteiger partial charge in [0.05, 0.1) is 11.2 Å². The van der Waals surface area contributed by atoms with Crippen LogP contribution in [0.25, 0.3) is 33.2 Å². The Labute approximate surface area is 117 Å². The van der Waals surface area contributed by atoms with Crippen LogP contribution >= 0.6 is 0 Å². The van der Waals surface area contributed by atoms with Gasteiger partial charge in [-0.15, -0.1) is 0 Å². The van der Waals surface area contributed by atoms with Crippen molar-refractivity contribution < 1.29 is 8.78 Å². The third-order valence-corrected chi connectivity index (χ3v) is 3.38. The standard InChI is InChI=1S/C15H8F2N4/c16-13-9(3-6-19-14(13)17)11-2-1-8-10-7-18-5-4-12(10)21-15(8)20-11/h1-7H,(H,20,21)/i16+0,17-1. The largest absolute Gasteiger partial charge is 0.339 e. The number of hydrogen-bond acceptors (Lipinski definition) is 3. The fourth-order valence-electron chi connectivity index (χ4n) is 2.38. The summed E-state index contributed by atoms with van der Waals surface area (Å²) in [6, 6.07) is 6.70. The van der Waals surface area contributed by atoms with Crippen molar-refractivity contribution >= 4 is 21.9 Å². The first-order valence-electron chi connectivity index (χ1n) is 6.27. The molecule has 0 radical (unpaired) electrons. The van der Waals surface area contributed by atoms with Crippen molar-refractivity contribution in [3.63, 3.8) is 0 Å². The van der Waals surface area contributed by atoms with Gasteiger partial charge in [-0.2, -0.15) is 4.39 Å². The molecule has 0 aromatic carbocycles. The average molecular weight is 281 g/mol. The van der Waals surface area contributed by atoms with E-state index in [0.717, 1.165) is 16.3 Å². The number of H-pyrrole nitrogens is 1. The molecule has 0 aliphatic rings. The summed E-state index contributed by atoms with van der Waals surface area (Å²) in [6.45, 7) is 0. The second kappa shape index (κ2) is 4.31. The van der Waals surface area contributed by atoms with E-state index in [1.54, 1.807) is 18.5 Å². The second-order valence-corrected chi connectivity index (χ2v) is 4.60. The quantitative estimate of drug-likeness (QED) is 0.544. The first-order chi connectivity index (χ1) is 10.2. The van der Waals surface area contributed by atoms with E-state index < -0.39 is 11.8 Å². The van der Waals surface area contributed by atoms with Gasteiger partial charge in [0.15, 0.2) is 5.82 Å². The molecule has 0 aliphatic carbocycles. The Morgan fingerprint density at radius 2 is 1.86 bits per heavy atom. The SMILES string of the molecule is [18F]c1nccc(-c2ccc3c(n2)[nH]c2ccncc23)c1[19F]. The third kappa shape index (κ3) is 1.76. The van der Waals surface area contributed by atoms with Crippen LogP contribution in [0.5, 0.6) is 0 Å². The van der Waals surface area contributed by atoms with Crippen LogP contribution in [0.3, 0.4) is 0 Å². The Bertz CT molecular complexity index is 978. The van der Waals surface area contributed by atoms with Gasteiger partial charge in [0.1, 0.15) is 5.65 Å². The Morgan fingerprint density at radius 3 is 2.76 bits per heavy atom. The monoisotopic (exact) mass is 281 g/mol. The van der Waals surface area contributed by atoms with E-state index in [1.807, 2.05) is 12.1 Å². The zero-order valence-corrected chi connectivity index (χ0v) is 10.6. The average Bonchev–Trinajstić information content (AvgIpc) is 2.87. The third-order valence-electron chi connectivity index (χ3n) is 3.38. The fraction of sp³-hybridized carbons (Fsp3) is 0. The molecule has 0 saturated carbocycles. The van der Waals surface area contributed by atoms with Crippen molar-refractivity contribution in [3.8, 4) is 11.3 Å². The predicted octanol–water partition coefficient (Wildman–Crippen LogP) is 3.45. The molecule has 4 aromatic rings. The van der Waals surface area contributed by atoms with Gasteiger partial charge in [0, 0.05) is 34.9 Å². The van der Waals surface area contributed by atoms with Gasteiger partial charge in [-0.25, -0.2) is 14.4 Å². The number of nitrogens with one attached hydrogen (secondary N) is 1. The van der Waals surface area contributed by atoms with Crippen molar-refractivity contribution in [1.82, 2.24) is 19.9 Å². The molecule has 0 bridgehead atoms. The summed E-state index contributed by atoms with van der Waals surface area (Å²) in [5.74, 6) is -2.13. The molecule has 4 rings (SSSR count). The van der Waals surface area contributed by atoms with E-state index in [-0.39, 0.29) is 5.56 Å². The summed E-state index contributed by atoms with van der Waals surface area (Å²) in [6.07, 6.45) is 4.63. The molecule has 21 heavy (non-hydrogen) atoms. The van der Waals surface area contributed by atoms with Gasteiger partial charge in [0.25, 0.3) is 0 Å². The minimum Gasteiger partial charge on any atom is -0.339 e. The summed E-state index contributed by atoms with van der Waals surface area (Å²) in [4.78, 5) is 14.9. The summed E-state index contributed by atoms with van der Waals surface area (Å²) >= 11 is 0. The topological polar surface area (TPSA) is 54.5 Å². The lowest BCUT2D eigenvalue weighted by molar-refractivity contribution is 0.481. The Morgan fingerprint density at radius 1 is 0.952 bits per heavy atom. The Balaban J connectivity index is 1.99. The van der Waals surface area contributed by atoms with Crippen molar-refractivity contribution in [2.24, 2.45) is 0 Å². The Hall–Kier alpha value is -2.89. The van der Waals surface area contributed by atoms with Gasteiger partial charge in [-0.05, 0) is 24.3 Å². The number of hydrogen-bond donors (Lipinski definition) is 1. The van der Waals surface area contributed by atoms with E-state index >= 15 is 0 Å². The maximum absolute atomic E-state index is 13.8. The first-order valence-corrected chi connectivity index (χ1v) is 6.27. The summed E-state index contributed by atoms with van der Waals surface area (Å²) in [7, 11) is 0. The maximum atomic E-state index is 13.8. The van der Waals surface area contributed by atoms with Crippen LogP contribution in [0.2, 0.25) is 0 Å². The molecule has 0 saturated heterocycles. The lowest BCUT2D eigenvalue weighted by Gasteiger charge is -2.02. The highest BCUT2D eigenvalue weighted by Crippen LogP contribution is 2.27. The zero-order chi connectivity index (χ0) is 14.4. The molecular formula is C15H8F2N4. The van der Waals surface area contributed by atoms with Crippen molar-refractivity contribution in [3.05, 3.63) is 54.6 Å². The first kappa shape index (κ1) is 11.9. The normalized spacial score (nSPS) is 11.3. The van der Waals surface area contributed by atoms with Crippen LogP contribution in [-0.4, -0.2) is 19.9 Å². The molecule has 4 nitrogen and oxygen atoms in total. The van der Waals surface area contributed by atoms with E-state index in [4.69, 9.17) is 0 Å². The van der Waals surface area contributed by atoms with Crippen LogP contribution in [0, 0.1) is 11.8 Å². The molecule has 0 fully saturated rings. The summed E-state index contributed by atoms with van der Waals surface area (Å²) in [5.41, 5.74) is 1.93. The maximum Gasteiger partial charge on any atom is 0.249 e. The van der Waals surface area contributed by atoms with Gasteiger partial charge in [-0.3, -0.25) is 4.98 Å². The lowest BCUT2D eigenvalue weighted by Crippen LogP contribution is -1.94. The molecule has 0 unspecified atom stereocenters. The van der Waals surface area contributed by atoms with Crippen molar-refractivity contribution in [1.29, 1.82) is 0 Å². The van der Waals surface area contributed by atoms with Crippen molar-refractivity contribution in [2.75, 3.05) is 0 Å². The molecule has 102 valence electrons. The number of aromatic nitrogens is 4. The number of rotatable bonds is 1. The minimum atomic E-state index is -1.13. The second-order valence-electron chi connectivity index (χ2n) is 4.60. The highest BCUT2D eigenvalue weighted by Gasteiger charge is 2.13. The van der Waals surface area contributed by atoms with Crippen LogP contribution in [0.4, 0.5) is 8.78 Å². The van der Waals surface area contributed by atoms with Gasteiger partial charge < -0.3 is 4.98 Å². The van der Waals surface area contributed by atoms with Crippen LogP contribution < -0.4 is 0 Å². The molecular weight excluding hydrogens is 273 g/mol. The minimum absolute atomic E-state index is 0.0844. The number of aromatic amines is 1. The van der Waals surface area contributed by atoms with E-state index in [1.165, 1.54) is 12.3 Å². The van der Waals surface area contributed by atoms with Gasteiger partial charge in [0.2, 0.25) is 5.95 Å². The molecule has 6 heteroatoms. The highest BCUT2D eigenvalue weighted by molar-refractivity contribution is 6.05. The number of fused-ring (bicyclic) bond motifs is 3. The molecule has 4 heterocycles. The van der Waals surface area contributed by atoms with E-state index in [0.29, 0.717) is 11.3 Å². The summed E-state index contributed by atoms with van der Waals surface area (Å²) < 4.78 is 27.0. The molecule has 0 amide bonds. The molecule has 0 aliphatic heterocycles. The molecule has 0 spiro atoms. The summed E-state index contributed by atoms with van der Waals surface area (Å²) in [5, 5.41) is 1.82. The fourth-order valence-corrected chi connectivity index (χ4v) is 2.38. The zero-order valence-electron chi connectivity index (χ0n) is 10.6. The number of pyridine rings is 3.